The first kappa shape index (κ1) is 13.2. The lowest BCUT2D eigenvalue weighted by Crippen LogP contribution is -2.05. The van der Waals surface area contributed by atoms with Gasteiger partial charge in [-0.25, -0.2) is 0 Å². The van der Waals surface area contributed by atoms with Gasteiger partial charge in [0, 0.05) is 0 Å². The highest BCUT2D eigenvalue weighted by molar-refractivity contribution is 7.17. The minimum absolute atomic E-state index is 0.137. The highest BCUT2D eigenvalue weighted by Gasteiger charge is 2.37. The van der Waals surface area contributed by atoms with E-state index in [1.807, 2.05) is 0 Å². The lowest BCUT2D eigenvalue weighted by atomic mass is 10.2. The number of alkyl halides is 3. The maximum absolute atomic E-state index is 12.5. The molecule has 2 aromatic rings. The second-order valence-corrected chi connectivity index (χ2v) is 4.96. The lowest BCUT2D eigenvalue weighted by Gasteiger charge is -2.04. The average Bonchev–Trinajstić information content (AvgIpc) is 2.63. The number of ether oxygens (including phenoxy) is 1. The van der Waals surface area contributed by atoms with Crippen LogP contribution in [0.4, 0.5) is 13.2 Å². The zero-order valence-corrected chi connectivity index (χ0v) is 10.6. The molecule has 0 bridgehead atoms. The first-order valence-electron chi connectivity index (χ1n) is 4.76. The molecule has 0 saturated carbocycles. The maximum Gasteiger partial charge on any atom is 0.435 e. The summed E-state index contributed by atoms with van der Waals surface area (Å²) in [6.07, 6.45) is -4.57. The fraction of sp³-hybridized carbons (Fsp3) is 0.182. The molecule has 0 spiro atoms. The second kappa shape index (κ2) is 4.78. The predicted octanol–water partition coefficient (Wildman–Crippen LogP) is 4.72. The van der Waals surface area contributed by atoms with Gasteiger partial charge in [0.25, 0.3) is 5.19 Å². The minimum Gasteiger partial charge on any atom is -0.431 e. The highest BCUT2D eigenvalue weighted by Crippen LogP contribution is 2.41. The van der Waals surface area contributed by atoms with Crippen LogP contribution in [0, 0.1) is 13.0 Å². The van der Waals surface area contributed by atoms with E-state index in [2.05, 4.69) is 11.1 Å². The lowest BCUT2D eigenvalue weighted by molar-refractivity contribution is -0.140. The molecule has 2 nitrogen and oxygen atoms in total. The predicted molar refractivity (Wildman–Crippen MR) is 62.2 cm³/mol. The molecule has 0 aliphatic rings. The Labute approximate surface area is 110 Å². The zero-order chi connectivity index (χ0) is 13.3. The van der Waals surface area contributed by atoms with Gasteiger partial charge in [0.1, 0.15) is 10.1 Å². The summed E-state index contributed by atoms with van der Waals surface area (Å²) in [4.78, 5) is 3.35. The number of benzene rings is 1. The van der Waals surface area contributed by atoms with E-state index in [9.17, 15) is 13.2 Å². The van der Waals surface area contributed by atoms with Gasteiger partial charge in [0.05, 0.1) is 0 Å². The van der Waals surface area contributed by atoms with Crippen molar-refractivity contribution >= 4 is 22.9 Å². The molecule has 1 aromatic carbocycles. The minimum atomic E-state index is -4.57. The van der Waals surface area contributed by atoms with Crippen LogP contribution in [-0.4, -0.2) is 4.98 Å². The molecule has 2 rings (SSSR count). The van der Waals surface area contributed by atoms with Crippen molar-refractivity contribution < 1.29 is 17.9 Å². The van der Waals surface area contributed by atoms with Crippen molar-refractivity contribution in [2.45, 2.75) is 13.1 Å². The van der Waals surface area contributed by atoms with E-state index in [4.69, 9.17) is 16.3 Å². The molecule has 0 fully saturated rings. The fourth-order valence-corrected chi connectivity index (χ4v) is 2.24. The van der Waals surface area contributed by atoms with Crippen molar-refractivity contribution in [3.05, 3.63) is 39.9 Å². The third-order valence-electron chi connectivity index (χ3n) is 2.05. The third-order valence-corrected chi connectivity index (χ3v) is 3.18. The van der Waals surface area contributed by atoms with Gasteiger partial charge in [-0.3, -0.25) is 0 Å². The summed E-state index contributed by atoms with van der Waals surface area (Å²) in [5.74, 6) is 0.424. The number of hydrogen-bond acceptors (Lipinski definition) is 3. The number of halogens is 4. The van der Waals surface area contributed by atoms with E-state index < -0.39 is 16.2 Å². The number of aromatic nitrogens is 1. The first-order chi connectivity index (χ1) is 8.38. The number of hydrogen-bond donors (Lipinski definition) is 0. The zero-order valence-electron chi connectivity index (χ0n) is 9.01. The number of nitrogens with zero attached hydrogens (tertiary/aromatic N) is 1. The number of rotatable bonds is 2. The summed E-state index contributed by atoms with van der Waals surface area (Å²) >= 11 is 6.13. The van der Waals surface area contributed by atoms with Gasteiger partial charge in [-0.1, -0.05) is 29.0 Å². The van der Waals surface area contributed by atoms with Crippen LogP contribution in [0.15, 0.2) is 18.2 Å². The molecular formula is C11H6ClF3NOS. The quantitative estimate of drug-likeness (QED) is 0.799. The third kappa shape index (κ3) is 2.76. The van der Waals surface area contributed by atoms with Crippen molar-refractivity contribution in [2.24, 2.45) is 0 Å². The molecule has 0 unspecified atom stereocenters. The molecule has 18 heavy (non-hydrogen) atoms. The summed E-state index contributed by atoms with van der Waals surface area (Å²) in [6, 6.07) is 7.68. The molecule has 0 aliphatic heterocycles. The van der Waals surface area contributed by atoms with Gasteiger partial charge < -0.3 is 4.74 Å². The van der Waals surface area contributed by atoms with Crippen LogP contribution in [0.5, 0.6) is 10.9 Å². The SMILES string of the molecule is Cc1c[c]ccc1Oc1nc(C(F)(F)F)c(Cl)s1. The Balaban J connectivity index is 2.29. The molecule has 0 atom stereocenters. The van der Waals surface area contributed by atoms with Gasteiger partial charge in [0.15, 0.2) is 5.69 Å². The van der Waals surface area contributed by atoms with Crippen molar-refractivity contribution in [1.82, 2.24) is 4.98 Å². The van der Waals surface area contributed by atoms with Crippen molar-refractivity contribution in [1.29, 1.82) is 0 Å². The summed E-state index contributed by atoms with van der Waals surface area (Å²) in [6.45, 7) is 1.76. The molecule has 0 saturated heterocycles. The van der Waals surface area contributed by atoms with Gasteiger partial charge >= 0.3 is 6.18 Å². The van der Waals surface area contributed by atoms with Crippen LogP contribution < -0.4 is 4.74 Å². The summed E-state index contributed by atoms with van der Waals surface area (Å²) in [7, 11) is 0. The molecule has 1 heterocycles. The summed E-state index contributed by atoms with van der Waals surface area (Å²) in [5.41, 5.74) is -0.373. The molecule has 7 heteroatoms. The van der Waals surface area contributed by atoms with Crippen LogP contribution >= 0.6 is 22.9 Å². The molecule has 0 amide bonds. The molecule has 95 valence electrons. The van der Waals surface area contributed by atoms with Crippen LogP contribution in [0.2, 0.25) is 4.34 Å². The maximum atomic E-state index is 12.5. The molecule has 0 aliphatic carbocycles. The first-order valence-corrected chi connectivity index (χ1v) is 5.95. The molecule has 0 N–H and O–H groups in total. The van der Waals surface area contributed by atoms with Crippen LogP contribution in [-0.2, 0) is 6.18 Å². The Morgan fingerprint density at radius 3 is 2.72 bits per heavy atom. The van der Waals surface area contributed by atoms with Gasteiger partial charge in [-0.05, 0) is 30.7 Å². The summed E-state index contributed by atoms with van der Waals surface area (Å²) < 4.78 is 42.3. The van der Waals surface area contributed by atoms with E-state index >= 15 is 0 Å². The molecule has 1 aromatic heterocycles. The van der Waals surface area contributed by atoms with Gasteiger partial charge in [-0.15, -0.1) is 0 Å². The number of aryl methyl sites for hydroxylation is 1. The number of thiazole rings is 1. The standard InChI is InChI=1S/C11H6ClF3NOS/c1-6-4-2-3-5-7(6)17-10-16-8(9(12)18-10)11(13,14)15/h3-5H,1H3. The Morgan fingerprint density at radius 1 is 1.44 bits per heavy atom. The smallest absolute Gasteiger partial charge is 0.431 e. The van der Waals surface area contributed by atoms with E-state index in [0.29, 0.717) is 17.1 Å². The van der Waals surface area contributed by atoms with Crippen LogP contribution in [0.3, 0.4) is 0 Å². The topological polar surface area (TPSA) is 22.1 Å². The molecular weight excluding hydrogens is 287 g/mol. The van der Waals surface area contributed by atoms with E-state index in [1.54, 1.807) is 25.1 Å². The molecule has 1 radical (unpaired) electrons. The second-order valence-electron chi connectivity index (χ2n) is 3.39. The largest absolute Gasteiger partial charge is 0.435 e. The Kier molecular flexibility index (Phi) is 3.49. The van der Waals surface area contributed by atoms with E-state index in [1.165, 1.54) is 0 Å². The Morgan fingerprint density at radius 2 is 2.17 bits per heavy atom. The Hall–Kier alpha value is -1.27. The highest BCUT2D eigenvalue weighted by atomic mass is 35.5. The monoisotopic (exact) mass is 292 g/mol. The van der Waals surface area contributed by atoms with Crippen molar-refractivity contribution in [3.63, 3.8) is 0 Å². The van der Waals surface area contributed by atoms with Gasteiger partial charge in [0.2, 0.25) is 0 Å². The van der Waals surface area contributed by atoms with Crippen LogP contribution in [0.1, 0.15) is 11.3 Å². The Bertz CT molecular complexity index is 568. The van der Waals surface area contributed by atoms with E-state index in [0.717, 1.165) is 5.56 Å². The van der Waals surface area contributed by atoms with Crippen molar-refractivity contribution in [2.75, 3.05) is 0 Å². The van der Waals surface area contributed by atoms with Gasteiger partial charge in [-0.2, -0.15) is 18.2 Å². The fourth-order valence-electron chi connectivity index (χ4n) is 1.21. The normalized spacial score (nSPS) is 11.6. The van der Waals surface area contributed by atoms with E-state index in [-0.39, 0.29) is 5.19 Å². The average molecular weight is 293 g/mol. The summed E-state index contributed by atoms with van der Waals surface area (Å²) in [5, 5.41) is -0.137. The van der Waals surface area contributed by atoms with Crippen LogP contribution in [0.25, 0.3) is 0 Å². The van der Waals surface area contributed by atoms with Crippen molar-refractivity contribution in [3.8, 4) is 10.9 Å².